The predicted octanol–water partition coefficient (Wildman–Crippen LogP) is 6.48. The van der Waals surface area contributed by atoms with Gasteiger partial charge in [0.15, 0.2) is 0 Å². The van der Waals surface area contributed by atoms with Gasteiger partial charge < -0.3 is 14.8 Å². The van der Waals surface area contributed by atoms with E-state index in [1.54, 1.807) is 31.4 Å². The van der Waals surface area contributed by atoms with E-state index < -0.39 is 18.6 Å². The number of likely N-dealkylation sites (tertiary alicyclic amines) is 1. The summed E-state index contributed by atoms with van der Waals surface area (Å²) < 4.78 is 44.3. The number of piperidine rings is 1. The highest BCUT2D eigenvalue weighted by Crippen LogP contribution is 2.41. The molecule has 0 spiro atoms. The highest BCUT2D eigenvalue weighted by atomic mass is 19.4. The minimum absolute atomic E-state index is 0.0470. The Labute approximate surface area is 196 Å². The fourth-order valence-electron chi connectivity index (χ4n) is 5.08. The standard InChI is InChI=1S/C26H29F3N2O3/c1-16-13-23(34-2)21(20-8-11-30-24(16)20)15-31-12-9-17(7-10-26(27,28)29)14-22(31)18-3-5-19(6-4-18)25(32)33/h3-6,8,11,13,17,22,30H,7,9-10,12,14-15H2,1-2H3,(H,32,33)/t17-,22+/m1/s1. The molecule has 0 amide bonds. The van der Waals surface area contributed by atoms with E-state index in [0.29, 0.717) is 25.9 Å². The Morgan fingerprint density at radius 3 is 2.62 bits per heavy atom. The lowest BCUT2D eigenvalue weighted by Gasteiger charge is -2.40. The van der Waals surface area contributed by atoms with Crippen molar-refractivity contribution >= 4 is 16.9 Å². The molecule has 0 saturated carbocycles. The number of H-pyrrole nitrogens is 1. The summed E-state index contributed by atoms with van der Waals surface area (Å²) in [5, 5.41) is 10.3. The van der Waals surface area contributed by atoms with Crippen LogP contribution in [0.4, 0.5) is 13.2 Å². The Morgan fingerprint density at radius 2 is 1.97 bits per heavy atom. The van der Waals surface area contributed by atoms with Gasteiger partial charge in [-0.15, -0.1) is 0 Å². The van der Waals surface area contributed by atoms with Crippen molar-refractivity contribution in [2.75, 3.05) is 13.7 Å². The molecule has 1 aliphatic heterocycles. The van der Waals surface area contributed by atoms with Crippen LogP contribution in [-0.2, 0) is 6.54 Å². The number of rotatable bonds is 7. The first-order valence-corrected chi connectivity index (χ1v) is 11.4. The second-order valence-corrected chi connectivity index (χ2v) is 9.10. The van der Waals surface area contributed by atoms with Gasteiger partial charge in [0.1, 0.15) is 5.75 Å². The van der Waals surface area contributed by atoms with Gasteiger partial charge in [0, 0.05) is 41.7 Å². The number of ether oxygens (including phenoxy) is 1. The number of carboxylic acids is 1. The molecule has 1 saturated heterocycles. The number of hydrogen-bond donors (Lipinski definition) is 2. The van der Waals surface area contributed by atoms with Gasteiger partial charge in [-0.05, 0) is 74.0 Å². The van der Waals surface area contributed by atoms with Crippen molar-refractivity contribution in [2.24, 2.45) is 5.92 Å². The lowest BCUT2D eigenvalue weighted by Crippen LogP contribution is -2.37. The Kier molecular flexibility index (Phi) is 6.89. The van der Waals surface area contributed by atoms with Crippen LogP contribution < -0.4 is 4.74 Å². The first kappa shape index (κ1) is 24.1. The zero-order valence-electron chi connectivity index (χ0n) is 19.3. The molecule has 0 unspecified atom stereocenters. The molecule has 8 heteroatoms. The van der Waals surface area contributed by atoms with Crippen molar-refractivity contribution in [1.82, 2.24) is 9.88 Å². The molecule has 34 heavy (non-hydrogen) atoms. The number of aromatic carboxylic acids is 1. The van der Waals surface area contributed by atoms with Crippen LogP contribution in [0.3, 0.4) is 0 Å². The topological polar surface area (TPSA) is 65.6 Å². The first-order valence-electron chi connectivity index (χ1n) is 11.4. The average molecular weight is 475 g/mol. The number of hydrogen-bond acceptors (Lipinski definition) is 3. The van der Waals surface area contributed by atoms with Gasteiger partial charge in [-0.1, -0.05) is 12.1 Å². The van der Waals surface area contributed by atoms with Crippen molar-refractivity contribution in [3.63, 3.8) is 0 Å². The van der Waals surface area contributed by atoms with Gasteiger partial charge in [-0.3, -0.25) is 4.90 Å². The minimum Gasteiger partial charge on any atom is -0.496 e. The van der Waals surface area contributed by atoms with Gasteiger partial charge in [0.05, 0.1) is 12.7 Å². The van der Waals surface area contributed by atoms with Crippen LogP contribution >= 0.6 is 0 Å². The van der Waals surface area contributed by atoms with Crippen LogP contribution in [0.5, 0.6) is 5.75 Å². The Hall–Kier alpha value is -3.00. The zero-order chi connectivity index (χ0) is 24.5. The number of nitrogens with zero attached hydrogens (tertiary/aromatic N) is 1. The van der Waals surface area contributed by atoms with Crippen LogP contribution in [0, 0.1) is 12.8 Å². The molecule has 1 aromatic heterocycles. The summed E-state index contributed by atoms with van der Waals surface area (Å²) in [6, 6.07) is 10.6. The second-order valence-electron chi connectivity index (χ2n) is 9.10. The lowest BCUT2D eigenvalue weighted by molar-refractivity contribution is -0.138. The van der Waals surface area contributed by atoms with Crippen molar-refractivity contribution < 1.29 is 27.8 Å². The third-order valence-electron chi connectivity index (χ3n) is 6.89. The summed E-state index contributed by atoms with van der Waals surface area (Å²) in [6.45, 7) is 3.25. The minimum atomic E-state index is -4.16. The number of benzene rings is 2. The molecule has 4 rings (SSSR count). The van der Waals surface area contributed by atoms with E-state index in [-0.39, 0.29) is 23.9 Å². The number of carboxylic acid groups (broad SMARTS) is 1. The fraction of sp³-hybridized carbons (Fsp3) is 0.423. The normalized spacial score (nSPS) is 19.4. The number of nitrogens with one attached hydrogen (secondary N) is 1. The van der Waals surface area contributed by atoms with Crippen LogP contribution in [0.25, 0.3) is 10.9 Å². The number of methoxy groups -OCH3 is 1. The summed E-state index contributed by atoms with van der Waals surface area (Å²) in [5.74, 6) is -0.271. The zero-order valence-corrected chi connectivity index (χ0v) is 19.3. The number of alkyl halides is 3. The fourth-order valence-corrected chi connectivity index (χ4v) is 5.08. The Bertz CT molecular complexity index is 1150. The largest absolute Gasteiger partial charge is 0.496 e. The molecule has 2 atom stereocenters. The molecule has 2 heterocycles. The number of fused-ring (bicyclic) bond motifs is 1. The summed E-state index contributed by atoms with van der Waals surface area (Å²) in [4.78, 5) is 16.8. The molecule has 3 aromatic rings. The van der Waals surface area contributed by atoms with E-state index in [9.17, 15) is 23.1 Å². The highest BCUT2D eigenvalue weighted by molar-refractivity contribution is 5.88. The second kappa shape index (κ2) is 9.70. The maximum atomic E-state index is 12.9. The van der Waals surface area contributed by atoms with Gasteiger partial charge in [-0.2, -0.15) is 13.2 Å². The number of carbonyl (C=O) groups is 1. The van der Waals surface area contributed by atoms with Crippen LogP contribution in [0.15, 0.2) is 42.6 Å². The summed E-state index contributed by atoms with van der Waals surface area (Å²) in [5.41, 5.74) is 4.25. The van der Waals surface area contributed by atoms with E-state index in [4.69, 9.17) is 4.74 Å². The monoisotopic (exact) mass is 474 g/mol. The molecular formula is C26H29F3N2O3. The van der Waals surface area contributed by atoms with E-state index in [0.717, 1.165) is 33.3 Å². The van der Waals surface area contributed by atoms with Crippen LogP contribution in [0.2, 0.25) is 0 Å². The maximum Gasteiger partial charge on any atom is 0.389 e. The molecular weight excluding hydrogens is 445 g/mol. The quantitative estimate of drug-likeness (QED) is 0.411. The van der Waals surface area contributed by atoms with Crippen molar-refractivity contribution in [3.05, 3.63) is 64.8 Å². The van der Waals surface area contributed by atoms with Gasteiger partial charge in [0.2, 0.25) is 0 Å². The third-order valence-corrected chi connectivity index (χ3v) is 6.89. The van der Waals surface area contributed by atoms with E-state index in [1.807, 2.05) is 25.3 Å². The van der Waals surface area contributed by atoms with Gasteiger partial charge in [-0.25, -0.2) is 4.79 Å². The molecule has 182 valence electrons. The van der Waals surface area contributed by atoms with Crippen molar-refractivity contribution in [1.29, 1.82) is 0 Å². The molecule has 5 nitrogen and oxygen atoms in total. The Balaban J connectivity index is 1.65. The molecule has 1 fully saturated rings. The molecule has 2 N–H and O–H groups in total. The lowest BCUT2D eigenvalue weighted by atomic mass is 9.84. The molecule has 2 aromatic carbocycles. The molecule has 0 radical (unpaired) electrons. The van der Waals surface area contributed by atoms with Crippen LogP contribution in [-0.4, -0.2) is 40.8 Å². The SMILES string of the molecule is COc1cc(C)c2[nH]ccc2c1CN1CC[C@@H](CCC(F)(F)F)C[C@H]1c1ccc(C(=O)O)cc1. The highest BCUT2D eigenvalue weighted by Gasteiger charge is 2.34. The van der Waals surface area contributed by atoms with Crippen molar-refractivity contribution in [2.45, 2.75) is 51.4 Å². The molecule has 0 bridgehead atoms. The predicted molar refractivity (Wildman–Crippen MR) is 124 cm³/mol. The summed E-state index contributed by atoms with van der Waals surface area (Å²) >= 11 is 0. The third kappa shape index (κ3) is 5.22. The average Bonchev–Trinajstić information content (AvgIpc) is 3.30. The number of aromatic nitrogens is 1. The molecule has 1 aliphatic rings. The molecule has 0 aliphatic carbocycles. The van der Waals surface area contributed by atoms with Crippen molar-refractivity contribution in [3.8, 4) is 5.75 Å². The van der Waals surface area contributed by atoms with Gasteiger partial charge in [0.25, 0.3) is 0 Å². The summed E-state index contributed by atoms with van der Waals surface area (Å²) in [7, 11) is 1.64. The summed E-state index contributed by atoms with van der Waals surface area (Å²) in [6.07, 6.45) is -1.66. The van der Waals surface area contributed by atoms with Gasteiger partial charge >= 0.3 is 12.1 Å². The van der Waals surface area contributed by atoms with E-state index in [2.05, 4.69) is 9.88 Å². The number of halogens is 3. The van der Waals surface area contributed by atoms with E-state index >= 15 is 0 Å². The number of aryl methyl sites for hydroxylation is 1. The Morgan fingerprint density at radius 1 is 1.24 bits per heavy atom. The first-order chi connectivity index (χ1) is 16.2. The maximum absolute atomic E-state index is 12.9. The van der Waals surface area contributed by atoms with Crippen LogP contribution in [0.1, 0.15) is 58.8 Å². The smallest absolute Gasteiger partial charge is 0.389 e. The van der Waals surface area contributed by atoms with E-state index in [1.165, 1.54) is 0 Å². The number of aromatic amines is 1.